The third-order valence-corrected chi connectivity index (χ3v) is 3.38. The summed E-state index contributed by atoms with van der Waals surface area (Å²) in [7, 11) is 0. The van der Waals surface area contributed by atoms with Gasteiger partial charge in [-0.2, -0.15) is 5.10 Å². The third kappa shape index (κ3) is 3.19. The van der Waals surface area contributed by atoms with Gasteiger partial charge in [-0.05, 0) is 18.9 Å². The first-order chi connectivity index (χ1) is 9.63. The summed E-state index contributed by atoms with van der Waals surface area (Å²) < 4.78 is 2.97. The summed E-state index contributed by atoms with van der Waals surface area (Å²) in [5.41, 5.74) is -0.269. The Morgan fingerprint density at radius 2 is 2.15 bits per heavy atom. The number of rotatable bonds is 6. The van der Waals surface area contributed by atoms with Gasteiger partial charge in [0.25, 0.3) is 5.56 Å². The first-order valence-corrected chi connectivity index (χ1v) is 7.00. The Morgan fingerprint density at radius 1 is 1.35 bits per heavy atom. The lowest BCUT2D eigenvalue weighted by Gasteiger charge is -2.08. The van der Waals surface area contributed by atoms with Crippen LogP contribution in [-0.2, 0) is 19.5 Å². The van der Waals surface area contributed by atoms with Gasteiger partial charge in [0.05, 0.1) is 5.56 Å². The number of nitrogens with zero attached hydrogens (tertiary/aromatic N) is 3. The van der Waals surface area contributed by atoms with Gasteiger partial charge in [0.2, 0.25) is 0 Å². The maximum Gasteiger partial charge on any atom is 0.329 e. The Balaban J connectivity index is 2.16. The Bertz CT molecular complexity index is 673. The molecule has 1 N–H and O–H groups in total. The van der Waals surface area contributed by atoms with Crippen LogP contribution in [0, 0.1) is 0 Å². The Hall–Kier alpha value is -1.82. The number of H-pyrrole nitrogens is 1. The molecule has 0 aliphatic heterocycles. The van der Waals surface area contributed by atoms with Crippen LogP contribution in [0.2, 0.25) is 5.15 Å². The molecule has 0 bridgehead atoms. The van der Waals surface area contributed by atoms with Crippen molar-refractivity contribution in [1.82, 2.24) is 19.3 Å². The van der Waals surface area contributed by atoms with Crippen molar-refractivity contribution in [3.05, 3.63) is 50.0 Å². The van der Waals surface area contributed by atoms with Gasteiger partial charge in [-0.3, -0.25) is 19.0 Å². The zero-order chi connectivity index (χ0) is 14.5. The minimum atomic E-state index is -0.458. The first kappa shape index (κ1) is 14.6. The molecule has 0 atom stereocenters. The molecule has 2 aromatic heterocycles. The maximum absolute atomic E-state index is 12.2. The highest BCUT2D eigenvalue weighted by atomic mass is 35.5. The highest BCUT2D eigenvalue weighted by molar-refractivity contribution is 6.30. The molecule has 2 aromatic rings. The zero-order valence-corrected chi connectivity index (χ0v) is 12.1. The second kappa shape index (κ2) is 6.56. The molecule has 0 unspecified atom stereocenters. The van der Waals surface area contributed by atoms with Gasteiger partial charge >= 0.3 is 5.69 Å². The fraction of sp³-hybridized carbons (Fsp3) is 0.462. The van der Waals surface area contributed by atoms with Crippen molar-refractivity contribution in [3.8, 4) is 0 Å². The molecule has 20 heavy (non-hydrogen) atoms. The van der Waals surface area contributed by atoms with Crippen LogP contribution in [0.4, 0.5) is 0 Å². The lowest BCUT2D eigenvalue weighted by molar-refractivity contribution is 0.504. The van der Waals surface area contributed by atoms with Crippen molar-refractivity contribution < 1.29 is 0 Å². The summed E-state index contributed by atoms with van der Waals surface area (Å²) in [5, 5.41) is 4.23. The van der Waals surface area contributed by atoms with Crippen LogP contribution in [-0.4, -0.2) is 19.3 Å². The van der Waals surface area contributed by atoms with Gasteiger partial charge in [-0.25, -0.2) is 4.79 Å². The summed E-state index contributed by atoms with van der Waals surface area (Å²) in [6.07, 6.45) is 5.55. The van der Waals surface area contributed by atoms with E-state index in [-0.39, 0.29) is 10.7 Å². The van der Waals surface area contributed by atoms with Gasteiger partial charge in [0.15, 0.2) is 0 Å². The van der Waals surface area contributed by atoms with Crippen molar-refractivity contribution >= 4 is 11.6 Å². The lowest BCUT2D eigenvalue weighted by Crippen LogP contribution is -2.37. The minimum Gasteiger partial charge on any atom is -0.297 e. The van der Waals surface area contributed by atoms with Crippen LogP contribution < -0.4 is 11.2 Å². The van der Waals surface area contributed by atoms with Crippen LogP contribution in [0.3, 0.4) is 0 Å². The number of aryl methyl sites for hydroxylation is 1. The summed E-state index contributed by atoms with van der Waals surface area (Å²) in [5.74, 6) is 0. The number of halogens is 1. The van der Waals surface area contributed by atoms with E-state index in [0.29, 0.717) is 31.5 Å². The first-order valence-electron chi connectivity index (χ1n) is 6.62. The van der Waals surface area contributed by atoms with Crippen molar-refractivity contribution in [2.75, 3.05) is 0 Å². The van der Waals surface area contributed by atoms with E-state index in [2.05, 4.69) is 10.1 Å². The average molecular weight is 297 g/mol. The quantitative estimate of drug-likeness (QED) is 0.820. The van der Waals surface area contributed by atoms with Crippen molar-refractivity contribution in [2.45, 2.75) is 39.3 Å². The second-order valence-electron chi connectivity index (χ2n) is 4.55. The molecule has 0 saturated carbocycles. The van der Waals surface area contributed by atoms with E-state index < -0.39 is 5.69 Å². The normalized spacial score (nSPS) is 10.9. The predicted octanol–water partition coefficient (Wildman–Crippen LogP) is 1.43. The molecule has 0 aliphatic rings. The van der Waals surface area contributed by atoms with E-state index in [1.807, 2.05) is 19.2 Å². The molecule has 0 amide bonds. The molecule has 0 saturated heterocycles. The standard InChI is InChI=1S/C13H17ClN4O2/c1-2-5-10-11(14)16-13(20)18(12(10)19)9-4-8-17-7-3-6-15-17/h3,6-7H,2,4-5,8-9H2,1H3,(H,16,20). The molecule has 0 fully saturated rings. The largest absolute Gasteiger partial charge is 0.329 e. The number of hydrogen-bond donors (Lipinski definition) is 1. The van der Waals surface area contributed by atoms with Crippen molar-refractivity contribution in [2.24, 2.45) is 0 Å². The van der Waals surface area contributed by atoms with Crippen molar-refractivity contribution in [3.63, 3.8) is 0 Å². The predicted molar refractivity (Wildman–Crippen MR) is 77.2 cm³/mol. The number of aromatic amines is 1. The molecule has 6 nitrogen and oxygen atoms in total. The molecule has 0 aromatic carbocycles. The lowest BCUT2D eigenvalue weighted by atomic mass is 10.2. The highest BCUT2D eigenvalue weighted by Gasteiger charge is 2.11. The van der Waals surface area contributed by atoms with E-state index in [1.165, 1.54) is 4.57 Å². The highest BCUT2D eigenvalue weighted by Crippen LogP contribution is 2.08. The van der Waals surface area contributed by atoms with Crippen LogP contribution in [0.5, 0.6) is 0 Å². The topological polar surface area (TPSA) is 72.7 Å². The van der Waals surface area contributed by atoms with E-state index >= 15 is 0 Å². The van der Waals surface area contributed by atoms with Crippen molar-refractivity contribution in [1.29, 1.82) is 0 Å². The zero-order valence-electron chi connectivity index (χ0n) is 11.3. The monoisotopic (exact) mass is 296 g/mol. The minimum absolute atomic E-state index is 0.158. The summed E-state index contributed by atoms with van der Waals surface area (Å²) >= 11 is 5.92. The molecule has 7 heteroatoms. The Labute approximate surface area is 121 Å². The van der Waals surface area contributed by atoms with Crippen LogP contribution in [0.25, 0.3) is 0 Å². The van der Waals surface area contributed by atoms with Gasteiger partial charge in [0.1, 0.15) is 5.15 Å². The van der Waals surface area contributed by atoms with Gasteiger partial charge in [-0.15, -0.1) is 0 Å². The molecule has 0 spiro atoms. The summed E-state index contributed by atoms with van der Waals surface area (Å²) in [6, 6.07) is 1.83. The summed E-state index contributed by atoms with van der Waals surface area (Å²) in [6.45, 7) is 2.97. The fourth-order valence-corrected chi connectivity index (χ4v) is 2.34. The average Bonchev–Trinajstić information content (AvgIpc) is 2.91. The van der Waals surface area contributed by atoms with E-state index in [1.54, 1.807) is 10.9 Å². The van der Waals surface area contributed by atoms with E-state index in [0.717, 1.165) is 6.42 Å². The molecule has 2 rings (SSSR count). The van der Waals surface area contributed by atoms with Crippen LogP contribution >= 0.6 is 11.6 Å². The van der Waals surface area contributed by atoms with E-state index in [4.69, 9.17) is 11.6 Å². The van der Waals surface area contributed by atoms with Crippen LogP contribution in [0.15, 0.2) is 28.0 Å². The number of hydrogen-bond acceptors (Lipinski definition) is 3. The number of nitrogens with one attached hydrogen (secondary N) is 1. The van der Waals surface area contributed by atoms with Gasteiger partial charge < -0.3 is 0 Å². The summed E-state index contributed by atoms with van der Waals surface area (Å²) in [4.78, 5) is 26.6. The fourth-order valence-electron chi connectivity index (χ4n) is 2.08. The number of aromatic nitrogens is 4. The maximum atomic E-state index is 12.2. The van der Waals surface area contributed by atoms with Gasteiger partial charge in [-0.1, -0.05) is 24.9 Å². The molecule has 2 heterocycles. The van der Waals surface area contributed by atoms with E-state index in [9.17, 15) is 9.59 Å². The molecule has 0 radical (unpaired) electrons. The van der Waals surface area contributed by atoms with Crippen LogP contribution in [0.1, 0.15) is 25.3 Å². The van der Waals surface area contributed by atoms with Gasteiger partial charge in [0, 0.05) is 25.5 Å². The second-order valence-corrected chi connectivity index (χ2v) is 4.93. The molecular weight excluding hydrogens is 280 g/mol. The Morgan fingerprint density at radius 3 is 2.80 bits per heavy atom. The molecule has 108 valence electrons. The SMILES string of the molecule is CCCc1c(Cl)[nH]c(=O)n(CCCn2cccn2)c1=O. The molecular formula is C13H17ClN4O2. The third-order valence-electron chi connectivity index (χ3n) is 3.06. The molecule has 0 aliphatic carbocycles. The smallest absolute Gasteiger partial charge is 0.297 e. The Kier molecular flexibility index (Phi) is 4.79.